The summed E-state index contributed by atoms with van der Waals surface area (Å²) in [7, 11) is -7.84. The predicted molar refractivity (Wildman–Crippen MR) is 138 cm³/mol. The van der Waals surface area contributed by atoms with Crippen LogP contribution in [-0.4, -0.2) is 22.7 Å². The van der Waals surface area contributed by atoms with Crippen LogP contribution < -0.4 is 15.2 Å². The highest BCUT2D eigenvalue weighted by atomic mass is 32.2. The molecule has 0 fully saturated rings. The zero-order chi connectivity index (χ0) is 25.8. The van der Waals surface area contributed by atoms with Gasteiger partial charge in [0.25, 0.3) is 10.0 Å². The molecule has 36 heavy (non-hydrogen) atoms. The highest BCUT2D eigenvalue weighted by Crippen LogP contribution is 2.27. The number of rotatable bonds is 8. The molecule has 4 aromatic rings. The number of amides is 1. The Morgan fingerprint density at radius 3 is 1.53 bits per heavy atom. The smallest absolute Gasteiger partial charge is 0.261 e. The van der Waals surface area contributed by atoms with Gasteiger partial charge in [0.05, 0.1) is 15.7 Å². The number of nitrogens with one attached hydrogen (secondary N) is 2. The number of anilines is 2. The van der Waals surface area contributed by atoms with Crippen molar-refractivity contribution in [3.8, 4) is 0 Å². The molecule has 0 aliphatic rings. The third kappa shape index (κ3) is 5.98. The monoisotopic (exact) mass is 521 g/mol. The van der Waals surface area contributed by atoms with Crippen LogP contribution in [-0.2, 0) is 24.8 Å². The molecule has 1 amide bonds. The highest BCUT2D eigenvalue weighted by Gasteiger charge is 2.23. The van der Waals surface area contributed by atoms with Gasteiger partial charge in [0, 0.05) is 11.4 Å². The molecular formula is C26H23N3O5S2. The number of hydrogen-bond donors (Lipinski definition) is 3. The maximum Gasteiger partial charge on any atom is 0.261 e. The third-order valence-electron chi connectivity index (χ3n) is 5.40. The third-order valence-corrected chi connectivity index (χ3v) is 7.72. The fraction of sp³-hybridized carbons (Fsp3) is 0.0385. The van der Waals surface area contributed by atoms with E-state index in [-0.39, 0.29) is 21.4 Å². The van der Waals surface area contributed by atoms with Gasteiger partial charge in [-0.05, 0) is 59.7 Å². The van der Waals surface area contributed by atoms with Crippen LogP contribution in [0.1, 0.15) is 17.0 Å². The van der Waals surface area contributed by atoms with Crippen LogP contribution in [0.2, 0.25) is 0 Å². The molecule has 0 unspecified atom stereocenters. The van der Waals surface area contributed by atoms with Crippen molar-refractivity contribution in [2.24, 2.45) is 5.14 Å². The second-order valence-corrected chi connectivity index (χ2v) is 11.2. The summed E-state index contributed by atoms with van der Waals surface area (Å²) in [6.45, 7) is 0. The summed E-state index contributed by atoms with van der Waals surface area (Å²) in [5.41, 5.74) is 2.28. The molecule has 0 aliphatic heterocycles. The topological polar surface area (TPSA) is 135 Å². The standard InChI is InChI=1S/C26H23N3O5S2/c27-35(31,32)23-15-13-22(14-16-23)29-36(33,34)24-17-11-21(12-18-24)28-26(30)25(19-7-3-1-4-8-19)20-9-5-2-6-10-20/h1-18,25,29H,(H,28,30)(H2,27,31,32). The van der Waals surface area contributed by atoms with Crippen LogP contribution in [0.5, 0.6) is 0 Å². The van der Waals surface area contributed by atoms with Crippen LogP contribution in [0.4, 0.5) is 11.4 Å². The van der Waals surface area contributed by atoms with Crippen LogP contribution >= 0.6 is 0 Å². The minimum atomic E-state index is -3.95. The average Bonchev–Trinajstić information content (AvgIpc) is 2.85. The number of carbonyl (C=O) groups excluding carboxylic acids is 1. The molecule has 0 bridgehead atoms. The van der Waals surface area contributed by atoms with E-state index in [0.29, 0.717) is 5.69 Å². The van der Waals surface area contributed by atoms with Gasteiger partial charge in [-0.15, -0.1) is 0 Å². The Hall–Kier alpha value is -3.99. The first-order valence-corrected chi connectivity index (χ1v) is 13.8. The Morgan fingerprint density at radius 2 is 1.06 bits per heavy atom. The lowest BCUT2D eigenvalue weighted by atomic mass is 9.90. The van der Waals surface area contributed by atoms with Crippen molar-refractivity contribution in [1.29, 1.82) is 0 Å². The maximum atomic E-state index is 13.2. The van der Waals surface area contributed by atoms with Crippen molar-refractivity contribution in [3.63, 3.8) is 0 Å². The maximum absolute atomic E-state index is 13.2. The minimum absolute atomic E-state index is 0.0290. The molecule has 4 aromatic carbocycles. The summed E-state index contributed by atoms with van der Waals surface area (Å²) in [5.74, 6) is -0.797. The molecule has 0 radical (unpaired) electrons. The van der Waals surface area contributed by atoms with E-state index in [4.69, 9.17) is 5.14 Å². The summed E-state index contributed by atoms with van der Waals surface area (Å²) >= 11 is 0. The first kappa shape index (κ1) is 25.1. The number of benzene rings is 4. The lowest BCUT2D eigenvalue weighted by Crippen LogP contribution is -2.22. The van der Waals surface area contributed by atoms with Gasteiger partial charge >= 0.3 is 0 Å². The number of hydrogen-bond acceptors (Lipinski definition) is 5. The molecule has 0 atom stereocenters. The normalized spacial score (nSPS) is 11.7. The fourth-order valence-electron chi connectivity index (χ4n) is 3.64. The van der Waals surface area contributed by atoms with Crippen molar-refractivity contribution in [2.45, 2.75) is 15.7 Å². The molecule has 0 saturated carbocycles. The Bertz CT molecular complexity index is 1520. The molecule has 10 heteroatoms. The van der Waals surface area contributed by atoms with Gasteiger partial charge in [0.2, 0.25) is 15.9 Å². The summed E-state index contributed by atoms with van der Waals surface area (Å²) in [4.78, 5) is 13.1. The van der Waals surface area contributed by atoms with Crippen molar-refractivity contribution in [2.75, 3.05) is 10.0 Å². The number of primary sulfonamides is 1. The van der Waals surface area contributed by atoms with Gasteiger partial charge in [-0.1, -0.05) is 60.7 Å². The number of sulfonamides is 2. The van der Waals surface area contributed by atoms with E-state index in [1.165, 1.54) is 48.5 Å². The van der Waals surface area contributed by atoms with Crippen molar-refractivity contribution < 1.29 is 21.6 Å². The van der Waals surface area contributed by atoms with Crippen LogP contribution in [0, 0.1) is 0 Å². The Morgan fingerprint density at radius 1 is 0.611 bits per heavy atom. The van der Waals surface area contributed by atoms with Crippen molar-refractivity contribution >= 4 is 37.3 Å². The van der Waals surface area contributed by atoms with E-state index in [1.807, 2.05) is 60.7 Å². The first-order chi connectivity index (χ1) is 17.1. The molecule has 0 heterocycles. The van der Waals surface area contributed by atoms with E-state index in [9.17, 15) is 21.6 Å². The molecule has 0 aromatic heterocycles. The largest absolute Gasteiger partial charge is 0.325 e. The predicted octanol–water partition coefficient (Wildman–Crippen LogP) is 3.91. The number of nitrogens with two attached hydrogens (primary N) is 1. The van der Waals surface area contributed by atoms with Gasteiger partial charge in [0.15, 0.2) is 0 Å². The molecule has 184 valence electrons. The van der Waals surface area contributed by atoms with Gasteiger partial charge in [-0.25, -0.2) is 22.0 Å². The fourth-order valence-corrected chi connectivity index (χ4v) is 5.22. The lowest BCUT2D eigenvalue weighted by molar-refractivity contribution is -0.116. The van der Waals surface area contributed by atoms with Crippen molar-refractivity contribution in [3.05, 3.63) is 120 Å². The van der Waals surface area contributed by atoms with Gasteiger partial charge < -0.3 is 5.32 Å². The van der Waals surface area contributed by atoms with Gasteiger partial charge in [0.1, 0.15) is 0 Å². The highest BCUT2D eigenvalue weighted by molar-refractivity contribution is 7.92. The molecule has 0 saturated heterocycles. The lowest BCUT2D eigenvalue weighted by Gasteiger charge is -2.18. The van der Waals surface area contributed by atoms with E-state index in [0.717, 1.165) is 11.1 Å². The minimum Gasteiger partial charge on any atom is -0.325 e. The molecule has 4 rings (SSSR count). The van der Waals surface area contributed by atoms with Crippen LogP contribution in [0.15, 0.2) is 119 Å². The summed E-state index contributed by atoms with van der Waals surface area (Å²) < 4.78 is 50.6. The Labute approximate surface area is 209 Å². The second kappa shape index (κ2) is 10.3. The van der Waals surface area contributed by atoms with Crippen molar-refractivity contribution in [1.82, 2.24) is 0 Å². The van der Waals surface area contributed by atoms with E-state index in [2.05, 4.69) is 10.0 Å². The average molecular weight is 522 g/mol. The van der Waals surface area contributed by atoms with Gasteiger partial charge in [-0.3, -0.25) is 9.52 Å². The Balaban J connectivity index is 1.51. The molecule has 0 spiro atoms. The SMILES string of the molecule is NS(=O)(=O)c1ccc(NS(=O)(=O)c2ccc(NC(=O)C(c3ccccc3)c3ccccc3)cc2)cc1. The Kier molecular flexibility index (Phi) is 7.20. The first-order valence-electron chi connectivity index (χ1n) is 10.8. The van der Waals surface area contributed by atoms with E-state index < -0.39 is 26.0 Å². The number of carbonyl (C=O) groups is 1. The quantitative estimate of drug-likeness (QED) is 0.323. The molecule has 4 N–H and O–H groups in total. The van der Waals surface area contributed by atoms with Crippen LogP contribution in [0.3, 0.4) is 0 Å². The summed E-state index contributed by atoms with van der Waals surface area (Å²) in [6, 6.07) is 29.5. The van der Waals surface area contributed by atoms with Gasteiger partial charge in [-0.2, -0.15) is 0 Å². The molecular weight excluding hydrogens is 498 g/mol. The zero-order valence-electron chi connectivity index (χ0n) is 18.9. The van der Waals surface area contributed by atoms with E-state index >= 15 is 0 Å². The zero-order valence-corrected chi connectivity index (χ0v) is 20.5. The molecule has 8 nitrogen and oxygen atoms in total. The van der Waals surface area contributed by atoms with Crippen LogP contribution in [0.25, 0.3) is 0 Å². The second-order valence-electron chi connectivity index (χ2n) is 7.94. The summed E-state index contributed by atoms with van der Waals surface area (Å²) in [5, 5.41) is 7.93. The molecule has 0 aliphatic carbocycles. The summed E-state index contributed by atoms with van der Waals surface area (Å²) in [6.07, 6.45) is 0. The van der Waals surface area contributed by atoms with E-state index in [1.54, 1.807) is 0 Å².